The molecule has 7 heteroatoms. The quantitative estimate of drug-likeness (QED) is 0.879. The molecule has 1 aliphatic heterocycles. The van der Waals surface area contributed by atoms with E-state index >= 15 is 0 Å². The number of carbonyl (C=O) groups is 2. The van der Waals surface area contributed by atoms with Crippen LogP contribution in [-0.2, 0) is 11.2 Å². The van der Waals surface area contributed by atoms with Crippen LogP contribution >= 0.6 is 23.1 Å². The lowest BCUT2D eigenvalue weighted by molar-refractivity contribution is -0.140. The molecule has 1 atom stereocenters. The highest BCUT2D eigenvalue weighted by Crippen LogP contribution is 2.20. The van der Waals surface area contributed by atoms with E-state index in [4.69, 9.17) is 5.11 Å². The van der Waals surface area contributed by atoms with Crippen molar-refractivity contribution in [1.29, 1.82) is 0 Å². The molecule has 0 spiro atoms. The van der Waals surface area contributed by atoms with Crippen molar-refractivity contribution in [3.05, 3.63) is 22.4 Å². The van der Waals surface area contributed by atoms with Crippen LogP contribution in [0.3, 0.4) is 0 Å². The van der Waals surface area contributed by atoms with Gasteiger partial charge in [-0.05, 0) is 17.9 Å². The van der Waals surface area contributed by atoms with Crippen LogP contribution in [0.15, 0.2) is 17.5 Å². The topological polar surface area (TPSA) is 69.6 Å². The highest BCUT2D eigenvalue weighted by Gasteiger charge is 2.34. The number of thioether (sulfide) groups is 1. The van der Waals surface area contributed by atoms with Crippen molar-refractivity contribution in [2.24, 2.45) is 0 Å². The molecule has 1 aliphatic rings. The van der Waals surface area contributed by atoms with Gasteiger partial charge in [0.2, 0.25) is 0 Å². The van der Waals surface area contributed by atoms with Gasteiger partial charge in [-0.15, -0.1) is 23.1 Å². The molecule has 0 saturated carbocycles. The average molecular weight is 286 g/mol. The number of carboxylic acid groups (broad SMARTS) is 1. The molecule has 1 fully saturated rings. The summed E-state index contributed by atoms with van der Waals surface area (Å²) in [5.41, 5.74) is 0. The minimum absolute atomic E-state index is 0.288. The molecule has 18 heavy (non-hydrogen) atoms. The summed E-state index contributed by atoms with van der Waals surface area (Å²) in [6, 6.07) is 3.00. The van der Waals surface area contributed by atoms with Gasteiger partial charge >= 0.3 is 12.0 Å². The molecule has 1 unspecified atom stereocenters. The van der Waals surface area contributed by atoms with E-state index in [2.05, 4.69) is 5.32 Å². The first-order valence-corrected chi connectivity index (χ1v) is 7.59. The summed E-state index contributed by atoms with van der Waals surface area (Å²) in [5.74, 6) is -0.0245. The predicted octanol–water partition coefficient (Wildman–Crippen LogP) is 1.46. The van der Waals surface area contributed by atoms with Crippen LogP contribution < -0.4 is 5.32 Å². The fraction of sp³-hybridized carbons (Fsp3) is 0.455. The Morgan fingerprint density at radius 1 is 1.56 bits per heavy atom. The van der Waals surface area contributed by atoms with Crippen molar-refractivity contribution in [2.75, 3.05) is 18.2 Å². The molecule has 2 amide bonds. The van der Waals surface area contributed by atoms with E-state index in [9.17, 15) is 9.59 Å². The number of nitrogens with one attached hydrogen (secondary N) is 1. The van der Waals surface area contributed by atoms with Gasteiger partial charge in [0.25, 0.3) is 0 Å². The van der Waals surface area contributed by atoms with E-state index in [1.807, 2.05) is 17.5 Å². The maximum Gasteiger partial charge on any atom is 0.327 e. The molecule has 0 bridgehead atoms. The summed E-state index contributed by atoms with van der Waals surface area (Å²) >= 11 is 3.11. The van der Waals surface area contributed by atoms with Crippen molar-refractivity contribution < 1.29 is 14.7 Å². The molecule has 2 N–H and O–H groups in total. The van der Waals surface area contributed by atoms with Crippen molar-refractivity contribution >= 4 is 35.1 Å². The Morgan fingerprint density at radius 2 is 2.39 bits per heavy atom. The standard InChI is InChI=1S/C11H14N2O3S2/c14-10(15)9-6-17-7-13(9)11(16)12-4-3-8-2-1-5-18-8/h1-2,5,9H,3-4,6-7H2,(H,12,16)(H,14,15). The molecule has 5 nitrogen and oxygen atoms in total. The number of thiophene rings is 1. The monoisotopic (exact) mass is 286 g/mol. The van der Waals surface area contributed by atoms with Crippen molar-refractivity contribution in [3.63, 3.8) is 0 Å². The fourth-order valence-electron chi connectivity index (χ4n) is 1.70. The molecule has 0 radical (unpaired) electrons. The van der Waals surface area contributed by atoms with E-state index in [1.54, 1.807) is 11.3 Å². The van der Waals surface area contributed by atoms with Gasteiger partial charge in [0.1, 0.15) is 6.04 Å². The first-order chi connectivity index (χ1) is 8.68. The van der Waals surface area contributed by atoms with Crippen LogP contribution in [0.1, 0.15) is 4.88 Å². The Balaban J connectivity index is 1.79. The number of hydrogen-bond donors (Lipinski definition) is 2. The highest BCUT2D eigenvalue weighted by atomic mass is 32.2. The summed E-state index contributed by atoms with van der Waals surface area (Å²) < 4.78 is 0. The van der Waals surface area contributed by atoms with Crippen molar-refractivity contribution in [1.82, 2.24) is 10.2 Å². The van der Waals surface area contributed by atoms with Crippen LogP contribution in [0.2, 0.25) is 0 Å². The van der Waals surface area contributed by atoms with Gasteiger partial charge in [-0.1, -0.05) is 6.07 Å². The number of hydrogen-bond acceptors (Lipinski definition) is 4. The second kappa shape index (κ2) is 6.10. The maximum atomic E-state index is 11.8. The third-order valence-corrected chi connectivity index (χ3v) is 4.60. The molecule has 2 heterocycles. The van der Waals surface area contributed by atoms with Gasteiger partial charge in [0.05, 0.1) is 5.88 Å². The Hall–Kier alpha value is -1.21. The van der Waals surface area contributed by atoms with E-state index in [0.29, 0.717) is 18.2 Å². The first kappa shape index (κ1) is 13.2. The van der Waals surface area contributed by atoms with E-state index < -0.39 is 12.0 Å². The summed E-state index contributed by atoms with van der Waals surface area (Å²) in [5, 5.41) is 13.7. The fourth-order valence-corrected chi connectivity index (χ4v) is 3.55. The smallest absolute Gasteiger partial charge is 0.327 e. The molecule has 98 valence electrons. The number of nitrogens with zero attached hydrogens (tertiary/aromatic N) is 1. The van der Waals surface area contributed by atoms with Crippen LogP contribution in [0.25, 0.3) is 0 Å². The second-order valence-corrected chi connectivity index (χ2v) is 5.92. The lowest BCUT2D eigenvalue weighted by atomic mass is 10.3. The summed E-state index contributed by atoms with van der Waals surface area (Å²) in [6.45, 7) is 0.535. The SMILES string of the molecule is O=C(O)C1CSCN1C(=O)NCCc1cccs1. The minimum atomic E-state index is -0.937. The normalized spacial score (nSPS) is 18.9. The van der Waals surface area contributed by atoms with Crippen LogP contribution in [0.5, 0.6) is 0 Å². The van der Waals surface area contributed by atoms with Gasteiger partial charge in [-0.3, -0.25) is 0 Å². The molecule has 1 saturated heterocycles. The van der Waals surface area contributed by atoms with E-state index in [1.165, 1.54) is 21.5 Å². The first-order valence-electron chi connectivity index (χ1n) is 5.56. The third kappa shape index (κ3) is 3.17. The van der Waals surface area contributed by atoms with E-state index in [-0.39, 0.29) is 6.03 Å². The van der Waals surface area contributed by atoms with Crippen molar-refractivity contribution in [3.8, 4) is 0 Å². The van der Waals surface area contributed by atoms with Gasteiger partial charge in [-0.25, -0.2) is 9.59 Å². The lowest BCUT2D eigenvalue weighted by Gasteiger charge is -2.20. The van der Waals surface area contributed by atoms with Crippen LogP contribution in [0.4, 0.5) is 4.79 Å². The molecule has 0 aromatic carbocycles. The molecular weight excluding hydrogens is 272 g/mol. The van der Waals surface area contributed by atoms with Crippen molar-refractivity contribution in [2.45, 2.75) is 12.5 Å². The Morgan fingerprint density at radius 3 is 3.06 bits per heavy atom. The summed E-state index contributed by atoms with van der Waals surface area (Å²) in [4.78, 5) is 25.4. The largest absolute Gasteiger partial charge is 0.480 e. The number of carbonyl (C=O) groups excluding carboxylic acids is 1. The summed E-state index contributed by atoms with van der Waals surface area (Å²) in [6.07, 6.45) is 0.780. The summed E-state index contributed by atoms with van der Waals surface area (Å²) in [7, 11) is 0. The highest BCUT2D eigenvalue weighted by molar-refractivity contribution is 7.99. The van der Waals surface area contributed by atoms with Gasteiger partial charge in [0, 0.05) is 17.2 Å². The zero-order valence-electron chi connectivity index (χ0n) is 9.67. The van der Waals surface area contributed by atoms with Crippen LogP contribution in [0, 0.1) is 0 Å². The minimum Gasteiger partial charge on any atom is -0.480 e. The number of rotatable bonds is 4. The van der Waals surface area contributed by atoms with Gasteiger partial charge in [-0.2, -0.15) is 0 Å². The molecular formula is C11H14N2O3S2. The molecule has 0 aliphatic carbocycles. The number of urea groups is 1. The lowest BCUT2D eigenvalue weighted by Crippen LogP contribution is -2.47. The Labute approximate surface area is 113 Å². The average Bonchev–Trinajstić information content (AvgIpc) is 2.99. The van der Waals surface area contributed by atoms with Gasteiger partial charge in [0.15, 0.2) is 0 Å². The number of carboxylic acids is 1. The zero-order valence-corrected chi connectivity index (χ0v) is 11.3. The zero-order chi connectivity index (χ0) is 13.0. The van der Waals surface area contributed by atoms with Crippen LogP contribution in [-0.4, -0.2) is 46.2 Å². The van der Waals surface area contributed by atoms with E-state index in [0.717, 1.165) is 6.42 Å². The van der Waals surface area contributed by atoms with Gasteiger partial charge < -0.3 is 15.3 Å². The Bertz CT molecular complexity index is 422. The molecule has 1 aromatic rings. The Kier molecular flexibility index (Phi) is 4.48. The predicted molar refractivity (Wildman–Crippen MR) is 72.0 cm³/mol. The molecule has 2 rings (SSSR count). The second-order valence-electron chi connectivity index (χ2n) is 3.89. The number of aliphatic carboxylic acids is 1. The molecule has 1 aromatic heterocycles. The number of amides is 2. The third-order valence-electron chi connectivity index (χ3n) is 2.66. The maximum absolute atomic E-state index is 11.8.